The number of thioether (sulfide) groups is 1. The number of rotatable bonds is 9. The number of benzene rings is 1. The van der Waals surface area contributed by atoms with Crippen LogP contribution in [0.3, 0.4) is 0 Å². The number of hydrogen-bond donors (Lipinski definition) is 3. The van der Waals surface area contributed by atoms with Gasteiger partial charge in [-0.3, -0.25) is 4.79 Å². The van der Waals surface area contributed by atoms with Crippen LogP contribution in [0.1, 0.15) is 12.2 Å². The number of hydrogen-bond acceptors (Lipinski definition) is 4. The molecule has 1 aromatic carbocycles. The fourth-order valence-corrected chi connectivity index (χ4v) is 2.74. The van der Waals surface area contributed by atoms with Crippen LogP contribution in [0.5, 0.6) is 0 Å². The highest BCUT2D eigenvalue weighted by Crippen LogP contribution is 2.17. The highest BCUT2D eigenvalue weighted by molar-refractivity contribution is 7.99. The van der Waals surface area contributed by atoms with E-state index in [4.69, 9.17) is 4.42 Å². The van der Waals surface area contributed by atoms with Gasteiger partial charge in [-0.05, 0) is 36.4 Å². The second-order valence-electron chi connectivity index (χ2n) is 4.98. The largest absolute Gasteiger partial charge is 0.467 e. The molecule has 7 heteroatoms. The normalized spacial score (nSPS) is 10.2. The third-order valence-corrected chi connectivity index (χ3v) is 4.17. The van der Waals surface area contributed by atoms with Gasteiger partial charge in [0.15, 0.2) is 0 Å². The van der Waals surface area contributed by atoms with Crippen LogP contribution in [-0.4, -0.2) is 30.8 Å². The molecular weight excluding hydrogens is 326 g/mol. The van der Waals surface area contributed by atoms with E-state index in [0.717, 1.165) is 12.2 Å². The minimum atomic E-state index is -0.340. The van der Waals surface area contributed by atoms with Crippen molar-refractivity contribution in [3.63, 3.8) is 0 Å². The van der Waals surface area contributed by atoms with E-state index in [9.17, 15) is 9.59 Å². The van der Waals surface area contributed by atoms with Gasteiger partial charge in [0, 0.05) is 11.4 Å². The van der Waals surface area contributed by atoms with Crippen LogP contribution in [0.2, 0.25) is 0 Å². The van der Waals surface area contributed by atoms with Crippen LogP contribution < -0.4 is 16.0 Å². The molecule has 0 spiro atoms. The lowest BCUT2D eigenvalue weighted by molar-refractivity contribution is -0.120. The zero-order valence-corrected chi connectivity index (χ0v) is 14.1. The number of nitrogens with one attached hydrogen (secondary N) is 3. The lowest BCUT2D eigenvalue weighted by atomic mass is 10.4. The molecule has 0 atom stereocenters. The maximum absolute atomic E-state index is 11.6. The van der Waals surface area contributed by atoms with Gasteiger partial charge in [-0.1, -0.05) is 18.2 Å². The third-order valence-electron chi connectivity index (χ3n) is 3.07. The molecule has 24 heavy (non-hydrogen) atoms. The molecule has 6 nitrogen and oxygen atoms in total. The average molecular weight is 347 g/mol. The number of furan rings is 1. The quantitative estimate of drug-likeness (QED) is 0.480. The molecule has 128 valence electrons. The van der Waals surface area contributed by atoms with Crippen molar-refractivity contribution >= 4 is 23.7 Å². The summed E-state index contributed by atoms with van der Waals surface area (Å²) >= 11 is 1.75. The molecule has 0 fully saturated rings. The van der Waals surface area contributed by atoms with E-state index >= 15 is 0 Å². The summed E-state index contributed by atoms with van der Waals surface area (Å²) in [5.41, 5.74) is 0. The fraction of sp³-hybridized carbons (Fsp3) is 0.294. The van der Waals surface area contributed by atoms with E-state index in [-0.39, 0.29) is 18.5 Å². The summed E-state index contributed by atoms with van der Waals surface area (Å²) in [7, 11) is 0. The van der Waals surface area contributed by atoms with Gasteiger partial charge in [0.2, 0.25) is 5.91 Å². The van der Waals surface area contributed by atoms with Gasteiger partial charge in [-0.25, -0.2) is 4.79 Å². The first kappa shape index (κ1) is 17.9. The Morgan fingerprint density at radius 1 is 1.00 bits per heavy atom. The Hall–Kier alpha value is -2.41. The van der Waals surface area contributed by atoms with Gasteiger partial charge in [0.25, 0.3) is 0 Å². The van der Waals surface area contributed by atoms with Crippen LogP contribution >= 0.6 is 11.8 Å². The molecule has 0 saturated heterocycles. The maximum Gasteiger partial charge on any atom is 0.315 e. The Morgan fingerprint density at radius 3 is 2.58 bits per heavy atom. The van der Waals surface area contributed by atoms with Gasteiger partial charge in [0.1, 0.15) is 5.76 Å². The molecule has 0 saturated carbocycles. The van der Waals surface area contributed by atoms with E-state index in [2.05, 4.69) is 28.1 Å². The number of carbonyl (C=O) groups excluding carboxylic acids is 2. The fourth-order valence-electron chi connectivity index (χ4n) is 1.87. The Morgan fingerprint density at radius 2 is 1.83 bits per heavy atom. The number of amides is 3. The van der Waals surface area contributed by atoms with Crippen LogP contribution in [-0.2, 0) is 11.3 Å². The zero-order chi connectivity index (χ0) is 17.0. The monoisotopic (exact) mass is 347 g/mol. The van der Waals surface area contributed by atoms with Crippen molar-refractivity contribution in [3.05, 3.63) is 54.5 Å². The lowest BCUT2D eigenvalue weighted by Crippen LogP contribution is -2.42. The van der Waals surface area contributed by atoms with Crippen molar-refractivity contribution in [2.45, 2.75) is 17.9 Å². The molecular formula is C17H21N3O3S. The predicted molar refractivity (Wildman–Crippen MR) is 93.7 cm³/mol. The van der Waals surface area contributed by atoms with E-state index in [1.54, 1.807) is 30.2 Å². The second kappa shape index (κ2) is 10.4. The molecule has 0 aliphatic rings. The Balaban J connectivity index is 1.48. The number of urea groups is 1. The van der Waals surface area contributed by atoms with Crippen LogP contribution in [0.25, 0.3) is 0 Å². The standard InChI is InChI=1S/C17H21N3O3S/c21-16(19-12-14-6-4-10-23-14)13-20-17(22)18-9-5-11-24-15-7-2-1-3-8-15/h1-4,6-8,10H,5,9,11-13H2,(H,19,21)(H2,18,20,22). The van der Waals surface area contributed by atoms with Gasteiger partial charge in [-0.2, -0.15) is 0 Å². The van der Waals surface area contributed by atoms with Crippen molar-refractivity contribution < 1.29 is 14.0 Å². The van der Waals surface area contributed by atoms with Crippen molar-refractivity contribution in [3.8, 4) is 0 Å². The third kappa shape index (κ3) is 7.23. The summed E-state index contributed by atoms with van der Waals surface area (Å²) in [6.45, 7) is 0.816. The maximum atomic E-state index is 11.6. The first-order valence-electron chi connectivity index (χ1n) is 7.72. The lowest BCUT2D eigenvalue weighted by Gasteiger charge is -2.08. The summed E-state index contributed by atoms with van der Waals surface area (Å²) in [5.74, 6) is 1.33. The highest BCUT2D eigenvalue weighted by atomic mass is 32.2. The van der Waals surface area contributed by atoms with Gasteiger partial charge in [-0.15, -0.1) is 11.8 Å². The van der Waals surface area contributed by atoms with E-state index in [0.29, 0.717) is 18.8 Å². The van der Waals surface area contributed by atoms with Crippen molar-refractivity contribution in [2.24, 2.45) is 0 Å². The second-order valence-corrected chi connectivity index (χ2v) is 6.15. The highest BCUT2D eigenvalue weighted by Gasteiger charge is 2.05. The first-order valence-corrected chi connectivity index (χ1v) is 8.71. The van der Waals surface area contributed by atoms with Gasteiger partial charge < -0.3 is 20.4 Å². The van der Waals surface area contributed by atoms with Crippen LogP contribution in [0, 0.1) is 0 Å². The van der Waals surface area contributed by atoms with Gasteiger partial charge in [0.05, 0.1) is 19.4 Å². The summed E-state index contributed by atoms with van der Waals surface area (Å²) in [5, 5.41) is 7.91. The Bertz CT molecular complexity index is 617. The minimum absolute atomic E-state index is 0.0642. The smallest absolute Gasteiger partial charge is 0.315 e. The SMILES string of the molecule is O=C(CNC(=O)NCCCSc1ccccc1)NCc1ccco1. The zero-order valence-electron chi connectivity index (χ0n) is 13.3. The summed E-state index contributed by atoms with van der Waals surface area (Å²) < 4.78 is 5.10. The molecule has 0 aliphatic carbocycles. The molecule has 3 amide bonds. The van der Waals surface area contributed by atoms with Crippen LogP contribution in [0.4, 0.5) is 4.79 Å². The topological polar surface area (TPSA) is 83.4 Å². The Kier molecular flexibility index (Phi) is 7.76. The Labute approximate surface area is 145 Å². The van der Waals surface area contributed by atoms with Crippen molar-refractivity contribution in [1.29, 1.82) is 0 Å². The molecule has 1 heterocycles. The molecule has 2 aromatic rings. The molecule has 0 unspecified atom stereocenters. The summed E-state index contributed by atoms with van der Waals surface area (Å²) in [6.07, 6.45) is 2.40. The van der Waals surface area contributed by atoms with Crippen molar-refractivity contribution in [1.82, 2.24) is 16.0 Å². The number of carbonyl (C=O) groups is 2. The molecule has 0 radical (unpaired) electrons. The van der Waals surface area contributed by atoms with E-state index in [1.165, 1.54) is 4.90 Å². The molecule has 3 N–H and O–H groups in total. The predicted octanol–water partition coefficient (Wildman–Crippen LogP) is 2.38. The summed E-state index contributed by atoms with van der Waals surface area (Å²) in [6, 6.07) is 13.3. The summed E-state index contributed by atoms with van der Waals surface area (Å²) in [4.78, 5) is 24.4. The van der Waals surface area contributed by atoms with Crippen LogP contribution in [0.15, 0.2) is 58.0 Å². The van der Waals surface area contributed by atoms with E-state index in [1.807, 2.05) is 18.2 Å². The van der Waals surface area contributed by atoms with E-state index < -0.39 is 0 Å². The minimum Gasteiger partial charge on any atom is -0.467 e. The molecule has 1 aromatic heterocycles. The van der Waals surface area contributed by atoms with Crippen molar-refractivity contribution in [2.75, 3.05) is 18.8 Å². The molecule has 0 aliphatic heterocycles. The molecule has 0 bridgehead atoms. The average Bonchev–Trinajstić information content (AvgIpc) is 3.12. The van der Waals surface area contributed by atoms with Gasteiger partial charge >= 0.3 is 6.03 Å². The first-order chi connectivity index (χ1) is 11.7. The molecule has 2 rings (SSSR count).